The van der Waals surface area contributed by atoms with Gasteiger partial charge in [-0.05, 0) is 50.2 Å². The molecule has 0 amide bonds. The zero-order valence-electron chi connectivity index (χ0n) is 12.2. The van der Waals surface area contributed by atoms with E-state index >= 15 is 0 Å². The molecule has 2 rings (SSSR count). The van der Waals surface area contributed by atoms with Gasteiger partial charge in [-0.1, -0.05) is 38.1 Å². The van der Waals surface area contributed by atoms with Gasteiger partial charge in [-0.15, -0.1) is 0 Å². The average molecular weight is 247 g/mol. The first-order valence-corrected chi connectivity index (χ1v) is 6.81. The van der Waals surface area contributed by atoms with Crippen molar-refractivity contribution < 1.29 is 4.84 Å². The van der Waals surface area contributed by atoms with Gasteiger partial charge >= 0.3 is 0 Å². The lowest BCUT2D eigenvalue weighted by atomic mass is 9.71. The summed E-state index contributed by atoms with van der Waals surface area (Å²) in [4.78, 5) is 5.81. The third-order valence-corrected chi connectivity index (χ3v) is 3.67. The van der Waals surface area contributed by atoms with Crippen LogP contribution in [-0.2, 0) is 11.3 Å². The van der Waals surface area contributed by atoms with Gasteiger partial charge in [0.2, 0.25) is 0 Å². The van der Waals surface area contributed by atoms with Crippen LogP contribution in [0.1, 0.15) is 58.2 Å². The van der Waals surface area contributed by atoms with Crippen molar-refractivity contribution in [2.24, 2.45) is 5.41 Å². The summed E-state index contributed by atoms with van der Waals surface area (Å²) in [6.45, 7) is 10.8. The van der Waals surface area contributed by atoms with Crippen molar-refractivity contribution in [3.8, 4) is 0 Å². The van der Waals surface area contributed by atoms with Gasteiger partial charge in [0.1, 0.15) is 0 Å². The predicted octanol–water partition coefficient (Wildman–Crippen LogP) is 4.02. The molecule has 1 atom stereocenters. The maximum Gasteiger partial charge on any atom is 0.0813 e. The van der Waals surface area contributed by atoms with E-state index in [4.69, 9.17) is 4.84 Å². The maximum atomic E-state index is 5.81. The molecule has 0 radical (unpaired) electrons. The molecular weight excluding hydrogens is 222 g/mol. The van der Waals surface area contributed by atoms with E-state index in [0.717, 1.165) is 6.42 Å². The van der Waals surface area contributed by atoms with Crippen LogP contribution in [0.4, 0.5) is 0 Å². The van der Waals surface area contributed by atoms with Crippen LogP contribution in [0.3, 0.4) is 0 Å². The Bertz CT molecular complexity index is 417. The van der Waals surface area contributed by atoms with Crippen molar-refractivity contribution in [1.82, 2.24) is 5.48 Å². The SMILES string of the molecule is CC(C)(C)ONC1c2ccccc2CCC1(C)C. The van der Waals surface area contributed by atoms with Crippen LogP contribution in [-0.4, -0.2) is 5.60 Å². The minimum absolute atomic E-state index is 0.164. The Kier molecular flexibility index (Phi) is 3.52. The number of benzene rings is 1. The van der Waals surface area contributed by atoms with E-state index in [2.05, 4.69) is 64.4 Å². The van der Waals surface area contributed by atoms with Crippen LogP contribution in [0, 0.1) is 5.41 Å². The molecule has 1 aromatic carbocycles. The largest absolute Gasteiger partial charge is 0.295 e. The molecule has 0 bridgehead atoms. The molecule has 1 aliphatic carbocycles. The first-order chi connectivity index (χ1) is 8.30. The van der Waals surface area contributed by atoms with Gasteiger partial charge in [0.15, 0.2) is 0 Å². The highest BCUT2D eigenvalue weighted by atomic mass is 16.7. The van der Waals surface area contributed by atoms with Gasteiger partial charge in [-0.25, -0.2) is 0 Å². The van der Waals surface area contributed by atoms with Crippen LogP contribution < -0.4 is 5.48 Å². The molecule has 1 N–H and O–H groups in total. The summed E-state index contributed by atoms with van der Waals surface area (Å²) in [7, 11) is 0. The van der Waals surface area contributed by atoms with Gasteiger partial charge in [0.05, 0.1) is 11.6 Å². The van der Waals surface area contributed by atoms with Crippen molar-refractivity contribution >= 4 is 0 Å². The van der Waals surface area contributed by atoms with Crippen LogP contribution in [0.2, 0.25) is 0 Å². The third kappa shape index (κ3) is 2.93. The Balaban J connectivity index is 2.25. The lowest BCUT2D eigenvalue weighted by Gasteiger charge is -2.41. The molecule has 0 saturated carbocycles. The molecule has 1 aliphatic rings. The van der Waals surface area contributed by atoms with Gasteiger partial charge < -0.3 is 0 Å². The van der Waals surface area contributed by atoms with E-state index < -0.39 is 0 Å². The van der Waals surface area contributed by atoms with Crippen molar-refractivity contribution in [3.05, 3.63) is 35.4 Å². The predicted molar refractivity (Wildman–Crippen MR) is 75.3 cm³/mol. The Morgan fingerprint density at radius 3 is 2.56 bits per heavy atom. The fourth-order valence-corrected chi connectivity index (χ4v) is 2.52. The summed E-state index contributed by atoms with van der Waals surface area (Å²) in [6.07, 6.45) is 2.35. The summed E-state index contributed by atoms with van der Waals surface area (Å²) < 4.78 is 0. The Hall–Kier alpha value is -0.860. The Morgan fingerprint density at radius 2 is 1.89 bits per heavy atom. The topological polar surface area (TPSA) is 21.3 Å². The zero-order chi connectivity index (χ0) is 13.4. The van der Waals surface area contributed by atoms with Crippen LogP contribution >= 0.6 is 0 Å². The number of aryl methyl sites for hydroxylation is 1. The summed E-state index contributed by atoms with van der Waals surface area (Å²) in [5, 5.41) is 0. The molecular formula is C16H25NO. The molecule has 0 spiro atoms. The summed E-state index contributed by atoms with van der Waals surface area (Å²) >= 11 is 0. The molecule has 18 heavy (non-hydrogen) atoms. The highest BCUT2D eigenvalue weighted by Crippen LogP contribution is 2.43. The van der Waals surface area contributed by atoms with Crippen molar-refractivity contribution in [1.29, 1.82) is 0 Å². The maximum absolute atomic E-state index is 5.81. The van der Waals surface area contributed by atoms with Crippen molar-refractivity contribution in [3.63, 3.8) is 0 Å². The minimum Gasteiger partial charge on any atom is -0.295 e. The Labute approximate surface area is 111 Å². The molecule has 100 valence electrons. The number of fused-ring (bicyclic) bond motifs is 1. The monoisotopic (exact) mass is 247 g/mol. The normalized spacial score (nSPS) is 22.6. The van der Waals surface area contributed by atoms with E-state index in [9.17, 15) is 0 Å². The van der Waals surface area contributed by atoms with E-state index in [1.807, 2.05) is 0 Å². The molecule has 0 aliphatic heterocycles. The second-order valence-electron chi connectivity index (χ2n) is 6.95. The lowest BCUT2D eigenvalue weighted by molar-refractivity contribution is -0.108. The molecule has 0 aromatic heterocycles. The van der Waals surface area contributed by atoms with E-state index in [1.165, 1.54) is 17.5 Å². The van der Waals surface area contributed by atoms with Crippen LogP contribution in [0.5, 0.6) is 0 Å². The standard InChI is InChI=1S/C16H25NO/c1-15(2,3)18-17-14-13-9-7-6-8-12(13)10-11-16(14,4)5/h6-9,14,17H,10-11H2,1-5H3. The number of hydrogen-bond acceptors (Lipinski definition) is 2. The number of hydrogen-bond donors (Lipinski definition) is 1. The molecule has 1 unspecified atom stereocenters. The van der Waals surface area contributed by atoms with Crippen molar-refractivity contribution in [2.45, 2.75) is 59.1 Å². The van der Waals surface area contributed by atoms with E-state index in [1.54, 1.807) is 0 Å². The van der Waals surface area contributed by atoms with Gasteiger partial charge in [0.25, 0.3) is 0 Å². The highest BCUT2D eigenvalue weighted by Gasteiger charge is 2.36. The molecule has 0 heterocycles. The zero-order valence-corrected chi connectivity index (χ0v) is 12.2. The number of hydroxylamine groups is 1. The quantitative estimate of drug-likeness (QED) is 0.797. The highest BCUT2D eigenvalue weighted by molar-refractivity contribution is 5.33. The van der Waals surface area contributed by atoms with Crippen LogP contribution in [0.15, 0.2) is 24.3 Å². The van der Waals surface area contributed by atoms with Crippen molar-refractivity contribution in [2.75, 3.05) is 0 Å². The third-order valence-electron chi connectivity index (χ3n) is 3.67. The van der Waals surface area contributed by atoms with Gasteiger partial charge in [-0.2, -0.15) is 5.48 Å². The molecule has 2 nitrogen and oxygen atoms in total. The second-order valence-corrected chi connectivity index (χ2v) is 6.95. The number of nitrogens with one attached hydrogen (secondary N) is 1. The molecule has 0 fully saturated rings. The molecule has 1 aromatic rings. The van der Waals surface area contributed by atoms with Gasteiger partial charge in [-0.3, -0.25) is 4.84 Å². The lowest BCUT2D eigenvalue weighted by Crippen LogP contribution is -2.41. The fourth-order valence-electron chi connectivity index (χ4n) is 2.52. The van der Waals surface area contributed by atoms with Gasteiger partial charge in [0, 0.05) is 0 Å². The van der Waals surface area contributed by atoms with E-state index in [0.29, 0.717) is 0 Å². The minimum atomic E-state index is -0.164. The summed E-state index contributed by atoms with van der Waals surface area (Å²) in [5.41, 5.74) is 6.20. The Morgan fingerprint density at radius 1 is 1.22 bits per heavy atom. The second kappa shape index (κ2) is 4.67. The summed E-state index contributed by atoms with van der Waals surface area (Å²) in [5.74, 6) is 0. The first kappa shape index (κ1) is 13.6. The molecule has 2 heteroatoms. The summed E-state index contributed by atoms with van der Waals surface area (Å²) in [6, 6.07) is 8.96. The first-order valence-electron chi connectivity index (χ1n) is 6.81. The smallest absolute Gasteiger partial charge is 0.0813 e. The van der Waals surface area contributed by atoms with Crippen LogP contribution in [0.25, 0.3) is 0 Å². The average Bonchev–Trinajstić information content (AvgIpc) is 2.25. The molecule has 0 saturated heterocycles. The van der Waals surface area contributed by atoms with E-state index in [-0.39, 0.29) is 17.1 Å². The fraction of sp³-hybridized carbons (Fsp3) is 0.625. The number of rotatable bonds is 2.